The summed E-state index contributed by atoms with van der Waals surface area (Å²) in [6.07, 6.45) is 6.01. The molecule has 176 valence electrons. The Morgan fingerprint density at radius 1 is 1.03 bits per heavy atom. The third-order valence-corrected chi connectivity index (χ3v) is 6.64. The molecule has 2 aliphatic heterocycles. The van der Waals surface area contributed by atoms with Crippen molar-refractivity contribution in [3.05, 3.63) is 35.4 Å². The van der Waals surface area contributed by atoms with Crippen LogP contribution >= 0.6 is 0 Å². The van der Waals surface area contributed by atoms with Crippen molar-refractivity contribution in [3.63, 3.8) is 0 Å². The van der Waals surface area contributed by atoms with E-state index in [-0.39, 0.29) is 29.7 Å². The second-order valence-corrected chi connectivity index (χ2v) is 9.17. The number of carbonyl (C=O) groups is 3. The largest absolute Gasteiger partial charge is 0.356 e. The molecule has 2 atom stereocenters. The minimum atomic E-state index is -0.0449. The lowest BCUT2D eigenvalue weighted by Crippen LogP contribution is -2.50. The van der Waals surface area contributed by atoms with Crippen LogP contribution in [0.2, 0.25) is 0 Å². The van der Waals surface area contributed by atoms with Crippen LogP contribution < -0.4 is 10.6 Å². The lowest BCUT2D eigenvalue weighted by Gasteiger charge is -2.36. The normalized spacial score (nSPS) is 21.4. The average Bonchev–Trinajstić information content (AvgIpc) is 3.34. The van der Waals surface area contributed by atoms with Crippen molar-refractivity contribution in [1.29, 1.82) is 0 Å². The van der Waals surface area contributed by atoms with E-state index in [1.165, 1.54) is 0 Å². The fourth-order valence-electron chi connectivity index (χ4n) is 4.46. The van der Waals surface area contributed by atoms with Gasteiger partial charge in [-0.1, -0.05) is 25.5 Å². The third-order valence-electron chi connectivity index (χ3n) is 6.64. The fourth-order valence-corrected chi connectivity index (χ4v) is 4.46. The Balaban J connectivity index is 1.44. The highest BCUT2D eigenvalue weighted by Crippen LogP contribution is 2.22. The first kappa shape index (κ1) is 24.2. The predicted octanol–water partition coefficient (Wildman–Crippen LogP) is 2.56. The predicted molar refractivity (Wildman–Crippen MR) is 125 cm³/mol. The molecule has 0 aromatic heterocycles. The molecule has 2 heterocycles. The van der Waals surface area contributed by atoms with Gasteiger partial charge in [0.2, 0.25) is 11.8 Å². The number of carbonyl (C=O) groups excluding carboxylic acids is 3. The molecule has 2 saturated heterocycles. The standard InChI is InChI=1S/C25H38N4O3/c1-3-4-13-26-24(31)22-10-7-19(2)29(17-22)18-23(30)27-16-20-8-11-21(12-9-20)25(32)28-14-5-6-15-28/h8-9,11-12,19,22H,3-7,10,13-18H2,1-2H3,(H,26,31)(H,27,30). The molecule has 7 heteroatoms. The molecule has 2 fully saturated rings. The van der Waals surface area contributed by atoms with Crippen LogP contribution in [0.1, 0.15) is 68.3 Å². The van der Waals surface area contributed by atoms with Crippen molar-refractivity contribution in [2.45, 2.75) is 65.0 Å². The van der Waals surface area contributed by atoms with E-state index in [1.54, 1.807) is 0 Å². The first-order chi connectivity index (χ1) is 15.5. The zero-order valence-electron chi connectivity index (χ0n) is 19.6. The summed E-state index contributed by atoms with van der Waals surface area (Å²) in [5, 5.41) is 6.01. The second-order valence-electron chi connectivity index (χ2n) is 9.17. The monoisotopic (exact) mass is 442 g/mol. The summed E-state index contributed by atoms with van der Waals surface area (Å²) in [4.78, 5) is 41.4. The van der Waals surface area contributed by atoms with Crippen molar-refractivity contribution in [2.24, 2.45) is 5.92 Å². The fraction of sp³-hybridized carbons (Fsp3) is 0.640. The molecule has 7 nitrogen and oxygen atoms in total. The Bertz CT molecular complexity index is 774. The second kappa shape index (κ2) is 12.0. The first-order valence-electron chi connectivity index (χ1n) is 12.1. The van der Waals surface area contributed by atoms with Gasteiger partial charge < -0.3 is 15.5 Å². The molecule has 0 aliphatic carbocycles. The van der Waals surface area contributed by atoms with Crippen molar-refractivity contribution in [3.8, 4) is 0 Å². The van der Waals surface area contributed by atoms with Crippen LogP contribution in [0, 0.1) is 5.92 Å². The highest BCUT2D eigenvalue weighted by Gasteiger charge is 2.30. The van der Waals surface area contributed by atoms with Crippen molar-refractivity contribution >= 4 is 17.7 Å². The molecule has 2 unspecified atom stereocenters. The molecule has 3 amide bonds. The molecule has 0 saturated carbocycles. The van der Waals surface area contributed by atoms with Gasteiger partial charge >= 0.3 is 0 Å². The minimum absolute atomic E-state index is 0.0406. The Labute approximate surface area is 191 Å². The molecule has 0 bridgehead atoms. The number of likely N-dealkylation sites (tertiary alicyclic amines) is 2. The van der Waals surface area contributed by atoms with E-state index in [1.807, 2.05) is 29.2 Å². The number of piperidine rings is 1. The van der Waals surface area contributed by atoms with Gasteiger partial charge in [0.25, 0.3) is 5.91 Å². The number of nitrogens with zero attached hydrogens (tertiary/aromatic N) is 2. The van der Waals surface area contributed by atoms with E-state index in [0.717, 1.165) is 63.7 Å². The van der Waals surface area contributed by atoms with Gasteiger partial charge in [-0.2, -0.15) is 0 Å². The summed E-state index contributed by atoms with van der Waals surface area (Å²) in [7, 11) is 0. The lowest BCUT2D eigenvalue weighted by atomic mass is 9.92. The van der Waals surface area contributed by atoms with Gasteiger partial charge in [0.15, 0.2) is 0 Å². The smallest absolute Gasteiger partial charge is 0.253 e. The van der Waals surface area contributed by atoms with E-state index in [4.69, 9.17) is 0 Å². The highest BCUT2D eigenvalue weighted by molar-refractivity contribution is 5.94. The van der Waals surface area contributed by atoms with Gasteiger partial charge in [0.1, 0.15) is 0 Å². The summed E-state index contributed by atoms with van der Waals surface area (Å²) in [6.45, 7) is 7.99. The Kier molecular flexibility index (Phi) is 9.09. The molecule has 2 N–H and O–H groups in total. The Hall–Kier alpha value is -2.41. The van der Waals surface area contributed by atoms with Crippen molar-refractivity contribution in [2.75, 3.05) is 32.7 Å². The number of hydrogen-bond donors (Lipinski definition) is 2. The highest BCUT2D eigenvalue weighted by atomic mass is 16.2. The summed E-state index contributed by atoms with van der Waals surface area (Å²) in [5.74, 6) is 0.113. The molecular formula is C25H38N4O3. The van der Waals surface area contributed by atoms with Gasteiger partial charge in [-0.3, -0.25) is 19.3 Å². The zero-order valence-corrected chi connectivity index (χ0v) is 19.6. The van der Waals surface area contributed by atoms with E-state index >= 15 is 0 Å². The van der Waals surface area contributed by atoms with Gasteiger partial charge in [0.05, 0.1) is 12.5 Å². The summed E-state index contributed by atoms with van der Waals surface area (Å²) >= 11 is 0. The van der Waals surface area contributed by atoms with Crippen LogP contribution in [0.5, 0.6) is 0 Å². The molecule has 32 heavy (non-hydrogen) atoms. The maximum Gasteiger partial charge on any atom is 0.253 e. The summed E-state index contributed by atoms with van der Waals surface area (Å²) < 4.78 is 0. The van der Waals surface area contributed by atoms with Crippen LogP contribution in [-0.4, -0.2) is 66.3 Å². The molecular weight excluding hydrogens is 404 g/mol. The maximum absolute atomic E-state index is 12.6. The lowest BCUT2D eigenvalue weighted by molar-refractivity contribution is -0.130. The number of hydrogen-bond acceptors (Lipinski definition) is 4. The maximum atomic E-state index is 12.6. The van der Waals surface area contributed by atoms with E-state index in [0.29, 0.717) is 25.2 Å². The molecule has 0 radical (unpaired) electrons. The topological polar surface area (TPSA) is 81.8 Å². The van der Waals surface area contributed by atoms with Crippen molar-refractivity contribution in [1.82, 2.24) is 20.4 Å². The number of amides is 3. The number of unbranched alkanes of at least 4 members (excludes halogenated alkanes) is 1. The van der Waals surface area contributed by atoms with Crippen LogP contribution in [0.25, 0.3) is 0 Å². The molecule has 1 aromatic rings. The number of nitrogens with one attached hydrogen (secondary N) is 2. The SMILES string of the molecule is CCCCNC(=O)C1CCC(C)N(CC(=O)NCc2ccc(C(=O)N3CCCC3)cc2)C1. The minimum Gasteiger partial charge on any atom is -0.356 e. The average molecular weight is 443 g/mol. The Morgan fingerprint density at radius 2 is 1.75 bits per heavy atom. The van der Waals surface area contributed by atoms with E-state index < -0.39 is 0 Å². The Morgan fingerprint density at radius 3 is 2.44 bits per heavy atom. The molecule has 0 spiro atoms. The van der Waals surface area contributed by atoms with Crippen LogP contribution in [-0.2, 0) is 16.1 Å². The van der Waals surface area contributed by atoms with Gasteiger partial charge in [-0.05, 0) is 56.7 Å². The molecule has 3 rings (SSSR count). The quantitative estimate of drug-likeness (QED) is 0.576. The first-order valence-corrected chi connectivity index (χ1v) is 12.1. The van der Waals surface area contributed by atoms with Gasteiger partial charge in [-0.15, -0.1) is 0 Å². The van der Waals surface area contributed by atoms with Gasteiger partial charge in [0, 0.05) is 44.3 Å². The summed E-state index contributed by atoms with van der Waals surface area (Å²) in [5.41, 5.74) is 1.67. The van der Waals surface area contributed by atoms with Crippen LogP contribution in [0.4, 0.5) is 0 Å². The van der Waals surface area contributed by atoms with Crippen molar-refractivity contribution < 1.29 is 14.4 Å². The number of rotatable bonds is 9. The van der Waals surface area contributed by atoms with Crippen LogP contribution in [0.3, 0.4) is 0 Å². The molecule has 2 aliphatic rings. The van der Waals surface area contributed by atoms with Gasteiger partial charge in [-0.25, -0.2) is 0 Å². The van der Waals surface area contributed by atoms with Crippen LogP contribution in [0.15, 0.2) is 24.3 Å². The number of benzene rings is 1. The zero-order chi connectivity index (χ0) is 22.9. The molecule has 1 aromatic carbocycles. The third kappa shape index (κ3) is 6.79. The van der Waals surface area contributed by atoms with E-state index in [2.05, 4.69) is 29.4 Å². The van der Waals surface area contributed by atoms with E-state index in [9.17, 15) is 14.4 Å². The summed E-state index contributed by atoms with van der Waals surface area (Å²) in [6, 6.07) is 7.79.